The number of halogens is 1. The molecule has 33 heavy (non-hydrogen) atoms. The number of nitrogens with zero attached hydrogens (tertiary/aromatic N) is 4. The number of piperidine rings is 1. The van der Waals surface area contributed by atoms with Crippen LogP contribution in [-0.4, -0.2) is 29.0 Å². The summed E-state index contributed by atoms with van der Waals surface area (Å²) >= 11 is 6.39. The number of fused-ring (bicyclic) bond motifs is 2. The van der Waals surface area contributed by atoms with Gasteiger partial charge in [0.2, 0.25) is 5.90 Å². The number of benzene rings is 2. The number of aliphatic imine (C=N–C) groups is 1. The minimum Gasteiger partial charge on any atom is -0.436 e. The van der Waals surface area contributed by atoms with Crippen LogP contribution in [0.3, 0.4) is 0 Å². The molecule has 2 aliphatic heterocycles. The molecule has 0 saturated carbocycles. The van der Waals surface area contributed by atoms with Gasteiger partial charge in [-0.1, -0.05) is 48.0 Å². The smallest absolute Gasteiger partial charge is 0.243 e. The van der Waals surface area contributed by atoms with E-state index in [2.05, 4.69) is 39.1 Å². The van der Waals surface area contributed by atoms with Gasteiger partial charge in [0.15, 0.2) is 0 Å². The molecular formula is C26H26ClN5O. The van der Waals surface area contributed by atoms with Crippen molar-refractivity contribution in [2.24, 2.45) is 16.1 Å². The molecule has 7 heteroatoms. The topological polar surface area (TPSA) is 76.6 Å². The van der Waals surface area contributed by atoms with Crippen molar-refractivity contribution in [2.45, 2.75) is 38.8 Å². The Bertz CT molecular complexity index is 1270. The van der Waals surface area contributed by atoms with E-state index in [1.807, 2.05) is 31.3 Å². The van der Waals surface area contributed by atoms with Crippen molar-refractivity contribution in [3.05, 3.63) is 81.8 Å². The lowest BCUT2D eigenvalue weighted by atomic mass is 9.73. The van der Waals surface area contributed by atoms with E-state index in [4.69, 9.17) is 27.1 Å². The normalized spacial score (nSPS) is 20.5. The Labute approximate surface area is 198 Å². The lowest BCUT2D eigenvalue weighted by Crippen LogP contribution is -2.44. The summed E-state index contributed by atoms with van der Waals surface area (Å²) in [6, 6.07) is 14.5. The number of nitrogens with two attached hydrogens (primary N) is 1. The number of hydrogen-bond acceptors (Lipinski definition) is 6. The van der Waals surface area contributed by atoms with Crippen LogP contribution in [0.15, 0.2) is 53.7 Å². The predicted octanol–water partition coefficient (Wildman–Crippen LogP) is 4.62. The highest BCUT2D eigenvalue weighted by molar-refractivity contribution is 6.33. The van der Waals surface area contributed by atoms with Crippen LogP contribution in [0, 0.1) is 12.3 Å². The average molecular weight is 460 g/mol. The van der Waals surface area contributed by atoms with Gasteiger partial charge < -0.3 is 15.4 Å². The highest BCUT2D eigenvalue weighted by atomic mass is 35.5. The number of ether oxygens (including phenoxy) is 1. The minimum atomic E-state index is 0.114. The monoisotopic (exact) mass is 459 g/mol. The summed E-state index contributed by atoms with van der Waals surface area (Å²) in [5.74, 6) is 1.96. The summed E-state index contributed by atoms with van der Waals surface area (Å²) in [6.07, 6.45) is 5.02. The van der Waals surface area contributed by atoms with Crippen LogP contribution in [0.4, 0.5) is 5.82 Å². The van der Waals surface area contributed by atoms with Crippen LogP contribution in [-0.2, 0) is 13.0 Å². The van der Waals surface area contributed by atoms with Crippen molar-refractivity contribution in [1.29, 1.82) is 0 Å². The molecule has 6 nitrogen and oxygen atoms in total. The standard InChI is InChI=1S/C26H26ClN5O/c1-16-5-4-8-20(22(16)27)33-25-23-19(14-30-25)31-21(15-29-23)32-11-9-26(10-12-32)13-17-6-2-3-7-18(17)24(26)28/h2-8,15,24H,9-14,28H2,1H3/t24-/m1/s1. The summed E-state index contributed by atoms with van der Waals surface area (Å²) in [6.45, 7) is 4.27. The molecule has 2 N–H and O–H groups in total. The van der Waals surface area contributed by atoms with E-state index < -0.39 is 0 Å². The maximum atomic E-state index is 6.73. The molecule has 0 bridgehead atoms. The molecule has 3 aromatic rings. The zero-order valence-electron chi connectivity index (χ0n) is 18.6. The highest BCUT2D eigenvalue weighted by Crippen LogP contribution is 2.50. The van der Waals surface area contributed by atoms with Crippen LogP contribution < -0.4 is 15.4 Å². The summed E-state index contributed by atoms with van der Waals surface area (Å²) in [5, 5.41) is 0.591. The largest absolute Gasteiger partial charge is 0.436 e. The highest BCUT2D eigenvalue weighted by Gasteiger charge is 2.46. The molecule has 1 fully saturated rings. The molecule has 3 heterocycles. The number of hydrogen-bond donors (Lipinski definition) is 1. The van der Waals surface area contributed by atoms with Crippen molar-refractivity contribution in [1.82, 2.24) is 9.97 Å². The van der Waals surface area contributed by atoms with E-state index in [9.17, 15) is 0 Å². The Balaban J connectivity index is 1.16. The zero-order valence-corrected chi connectivity index (χ0v) is 19.3. The summed E-state index contributed by atoms with van der Waals surface area (Å²) < 4.78 is 5.99. The third-order valence-corrected chi connectivity index (χ3v) is 7.93. The second-order valence-electron chi connectivity index (χ2n) is 9.34. The first-order valence-corrected chi connectivity index (χ1v) is 11.8. The first-order valence-electron chi connectivity index (χ1n) is 11.5. The number of rotatable bonds is 2. The quantitative estimate of drug-likeness (QED) is 0.605. The van der Waals surface area contributed by atoms with Crippen LogP contribution >= 0.6 is 11.6 Å². The molecule has 2 aromatic carbocycles. The van der Waals surface area contributed by atoms with E-state index in [0.717, 1.165) is 49.4 Å². The minimum absolute atomic E-state index is 0.114. The Hall–Kier alpha value is -2.96. The molecule has 0 radical (unpaired) electrons. The predicted molar refractivity (Wildman–Crippen MR) is 130 cm³/mol. The number of aryl methyl sites for hydroxylation is 1. The van der Waals surface area contributed by atoms with Crippen molar-refractivity contribution < 1.29 is 4.74 Å². The van der Waals surface area contributed by atoms with Crippen LogP contribution in [0.5, 0.6) is 5.75 Å². The molecule has 6 rings (SSSR count). The summed E-state index contributed by atoms with van der Waals surface area (Å²) in [5.41, 5.74) is 12.1. The summed E-state index contributed by atoms with van der Waals surface area (Å²) in [4.78, 5) is 16.4. The van der Waals surface area contributed by atoms with Crippen LogP contribution in [0.2, 0.25) is 5.02 Å². The van der Waals surface area contributed by atoms with Gasteiger partial charge in [0, 0.05) is 19.1 Å². The Kier molecular flexibility index (Phi) is 4.89. The van der Waals surface area contributed by atoms with Crippen LogP contribution in [0.1, 0.15) is 47.0 Å². The van der Waals surface area contributed by atoms with Gasteiger partial charge in [0.1, 0.15) is 17.3 Å². The summed E-state index contributed by atoms with van der Waals surface area (Å²) in [7, 11) is 0. The first kappa shape index (κ1) is 20.6. The second kappa shape index (κ2) is 7.82. The van der Waals surface area contributed by atoms with Crippen molar-refractivity contribution in [3.8, 4) is 5.75 Å². The van der Waals surface area contributed by atoms with Gasteiger partial charge in [-0.2, -0.15) is 0 Å². The van der Waals surface area contributed by atoms with Gasteiger partial charge in [-0.15, -0.1) is 0 Å². The molecule has 1 spiro atoms. The molecular weight excluding hydrogens is 434 g/mol. The maximum Gasteiger partial charge on any atom is 0.243 e. The fourth-order valence-corrected chi connectivity index (χ4v) is 5.62. The van der Waals surface area contributed by atoms with Gasteiger partial charge in [-0.25, -0.2) is 15.0 Å². The van der Waals surface area contributed by atoms with Crippen molar-refractivity contribution >= 4 is 23.3 Å². The fourth-order valence-electron chi connectivity index (χ4n) is 5.45. The molecule has 1 atom stereocenters. The van der Waals surface area contributed by atoms with E-state index in [1.54, 1.807) is 0 Å². The Morgan fingerprint density at radius 1 is 1.12 bits per heavy atom. The molecule has 0 amide bonds. The van der Waals surface area contributed by atoms with Gasteiger partial charge in [0.05, 0.1) is 23.5 Å². The van der Waals surface area contributed by atoms with Crippen molar-refractivity contribution in [3.63, 3.8) is 0 Å². The maximum absolute atomic E-state index is 6.73. The van der Waals surface area contributed by atoms with Gasteiger partial charge in [0.25, 0.3) is 0 Å². The van der Waals surface area contributed by atoms with Gasteiger partial charge in [-0.05, 0) is 54.4 Å². The van der Waals surface area contributed by atoms with Gasteiger partial charge in [-0.3, -0.25) is 0 Å². The molecule has 1 aliphatic carbocycles. The first-order chi connectivity index (χ1) is 16.0. The number of anilines is 1. The zero-order chi connectivity index (χ0) is 22.6. The molecule has 1 aromatic heterocycles. The van der Waals surface area contributed by atoms with E-state index >= 15 is 0 Å². The lowest BCUT2D eigenvalue weighted by Gasteiger charge is -2.42. The Morgan fingerprint density at radius 3 is 2.76 bits per heavy atom. The van der Waals surface area contributed by atoms with Gasteiger partial charge >= 0.3 is 0 Å². The fraction of sp³-hybridized carbons (Fsp3) is 0.346. The van der Waals surface area contributed by atoms with E-state index in [1.165, 1.54) is 11.1 Å². The Morgan fingerprint density at radius 2 is 1.94 bits per heavy atom. The molecule has 168 valence electrons. The molecule has 1 saturated heterocycles. The number of aromatic nitrogens is 2. The van der Waals surface area contributed by atoms with Crippen LogP contribution in [0.25, 0.3) is 0 Å². The average Bonchev–Trinajstić information content (AvgIpc) is 3.36. The van der Waals surface area contributed by atoms with Crippen molar-refractivity contribution in [2.75, 3.05) is 18.0 Å². The molecule has 3 aliphatic rings. The SMILES string of the molecule is Cc1cccc(OC2=NCc3nc(N4CCC5(CC4)Cc4ccccc4[C@H]5N)cnc32)c1Cl. The van der Waals surface area contributed by atoms with E-state index in [-0.39, 0.29) is 11.5 Å². The lowest BCUT2D eigenvalue weighted by molar-refractivity contribution is 0.187. The third kappa shape index (κ3) is 3.40. The third-order valence-electron chi connectivity index (χ3n) is 7.45. The second-order valence-corrected chi connectivity index (χ2v) is 9.71. The van der Waals surface area contributed by atoms with E-state index in [0.29, 0.717) is 28.9 Å². The molecule has 0 unspecified atom stereocenters.